The maximum Gasteiger partial charge on any atom is 0.144 e. The van der Waals surface area contributed by atoms with Crippen LogP contribution in [0.2, 0.25) is 0 Å². The van der Waals surface area contributed by atoms with Crippen LogP contribution in [0.1, 0.15) is 65.2 Å². The normalized spacial score (nSPS) is 19.2. The lowest BCUT2D eigenvalue weighted by Crippen LogP contribution is -2.40. The van der Waals surface area contributed by atoms with E-state index in [9.17, 15) is 0 Å². The van der Waals surface area contributed by atoms with Crippen LogP contribution in [0.25, 0.3) is 0 Å². The molecule has 2 N–H and O–H groups in total. The van der Waals surface area contributed by atoms with E-state index < -0.39 is 0 Å². The predicted molar refractivity (Wildman–Crippen MR) is 109 cm³/mol. The van der Waals surface area contributed by atoms with E-state index in [1.807, 2.05) is 7.11 Å². The van der Waals surface area contributed by atoms with Crippen LogP contribution in [-0.4, -0.2) is 43.0 Å². The Kier molecular flexibility index (Phi) is 8.60. The third-order valence-corrected chi connectivity index (χ3v) is 5.30. The minimum atomic E-state index is 0.683. The first-order valence-corrected chi connectivity index (χ1v) is 10.3. The van der Waals surface area contributed by atoms with Crippen LogP contribution in [0.3, 0.4) is 0 Å². The summed E-state index contributed by atoms with van der Waals surface area (Å²) in [5.41, 5.74) is 4.17. The van der Waals surface area contributed by atoms with Crippen molar-refractivity contribution in [2.45, 2.75) is 71.3 Å². The van der Waals surface area contributed by atoms with E-state index >= 15 is 0 Å². The topological polar surface area (TPSA) is 28.1 Å². The zero-order chi connectivity index (χ0) is 18.1. The zero-order valence-electron chi connectivity index (χ0n) is 16.9. The Labute approximate surface area is 155 Å². The molecular weight excluding hydrogens is 308 g/mol. The third-order valence-electron chi connectivity index (χ3n) is 5.30. The summed E-state index contributed by atoms with van der Waals surface area (Å²) in [7, 11) is 3.97. The van der Waals surface area contributed by atoms with Crippen LogP contribution in [0, 0.1) is 5.92 Å². The van der Waals surface area contributed by atoms with Crippen LogP contribution < -0.4 is 5.32 Å². The van der Waals surface area contributed by atoms with Crippen LogP contribution in [-0.2, 0) is 0 Å². The molecule has 0 aliphatic heterocycles. The lowest BCUT2D eigenvalue weighted by atomic mass is 9.92. The van der Waals surface area contributed by atoms with Crippen molar-refractivity contribution in [3.05, 3.63) is 35.2 Å². The van der Waals surface area contributed by atoms with Crippen molar-refractivity contribution in [3.8, 4) is 0 Å². The number of hydrogen-bond donors (Lipinski definition) is 1. The van der Waals surface area contributed by atoms with E-state index in [0.29, 0.717) is 12.0 Å². The number of ether oxygens (including phenoxy) is 1. The standard InChI is InChI=1S/C22H38N2O/c1-18(2)17-24(20-12-6-5-7-13-20)22-14-8-10-19(11-9-15-25-4)16-21(22)23-3/h10,14,16,18,20,23H,5-9,11-13,15,17H2,1-4H3/p+1. The first kappa shape index (κ1) is 20.1. The molecule has 0 aromatic heterocycles. The van der Waals surface area contributed by atoms with Gasteiger partial charge in [0.25, 0.3) is 0 Å². The van der Waals surface area contributed by atoms with Gasteiger partial charge in [-0.2, -0.15) is 0 Å². The molecule has 25 heavy (non-hydrogen) atoms. The summed E-state index contributed by atoms with van der Waals surface area (Å²) < 4.78 is 4.23. The summed E-state index contributed by atoms with van der Waals surface area (Å²) in [5, 5.41) is 3.49. The largest absolute Gasteiger partial charge is 0.436 e. The lowest BCUT2D eigenvalue weighted by Gasteiger charge is -2.39. The summed E-state index contributed by atoms with van der Waals surface area (Å²) in [4.78, 5) is 2.71. The number of rotatable bonds is 9. The molecule has 0 amide bonds. The van der Waals surface area contributed by atoms with Crippen LogP contribution in [0.15, 0.2) is 35.2 Å². The molecule has 0 aromatic carbocycles. The Bertz CT molecular complexity index is 484. The Morgan fingerprint density at radius 1 is 1.20 bits per heavy atom. The second kappa shape index (κ2) is 10.7. The van der Waals surface area contributed by atoms with Crippen molar-refractivity contribution in [2.24, 2.45) is 5.92 Å². The molecule has 0 heterocycles. The fourth-order valence-corrected chi connectivity index (χ4v) is 4.07. The molecule has 0 atom stereocenters. The van der Waals surface area contributed by atoms with Gasteiger partial charge in [-0.25, -0.2) is 0 Å². The fraction of sp³-hybridized carbons (Fsp3) is 0.727. The summed E-state index contributed by atoms with van der Waals surface area (Å²) in [5.74, 6) is 0.683. The highest BCUT2D eigenvalue weighted by Crippen LogP contribution is 2.30. The lowest BCUT2D eigenvalue weighted by molar-refractivity contribution is 0.0139. The molecule has 3 nitrogen and oxygen atoms in total. The van der Waals surface area contributed by atoms with E-state index in [4.69, 9.17) is 0 Å². The number of nitrogens with one attached hydrogen (secondary N) is 1. The molecule has 2 rings (SSSR count). The third kappa shape index (κ3) is 6.22. The fourth-order valence-electron chi connectivity index (χ4n) is 4.07. The van der Waals surface area contributed by atoms with Crippen LogP contribution >= 0.6 is 0 Å². The summed E-state index contributed by atoms with van der Waals surface area (Å²) in [6, 6.07) is 0.708. The number of allylic oxidation sites excluding steroid dienone is 4. The summed E-state index contributed by atoms with van der Waals surface area (Å²) >= 11 is 0. The molecule has 3 heteroatoms. The highest BCUT2D eigenvalue weighted by molar-refractivity contribution is 5.39. The van der Waals surface area contributed by atoms with Crippen molar-refractivity contribution >= 4 is 0 Å². The SMILES string of the molecule is CNC1=CC(CCC[OH+]C)=CCC=C1N(CC(C)C)C1CCCCC1. The van der Waals surface area contributed by atoms with Gasteiger partial charge in [-0.1, -0.05) is 45.3 Å². The molecule has 0 saturated heterocycles. The van der Waals surface area contributed by atoms with Crippen LogP contribution in [0.5, 0.6) is 0 Å². The zero-order valence-corrected chi connectivity index (χ0v) is 16.9. The van der Waals surface area contributed by atoms with Gasteiger partial charge in [0.05, 0.1) is 11.4 Å². The molecule has 1 saturated carbocycles. The summed E-state index contributed by atoms with van der Waals surface area (Å²) in [6.07, 6.45) is 17.4. The molecule has 0 bridgehead atoms. The molecule has 0 unspecified atom stereocenters. The molecule has 0 aromatic rings. The van der Waals surface area contributed by atoms with Crippen LogP contribution in [0.4, 0.5) is 0 Å². The Morgan fingerprint density at radius 2 is 1.96 bits per heavy atom. The van der Waals surface area contributed by atoms with Gasteiger partial charge in [-0.05, 0) is 43.3 Å². The molecule has 142 valence electrons. The first-order chi connectivity index (χ1) is 12.2. The quantitative estimate of drug-likeness (QED) is 0.490. The Balaban J connectivity index is 2.17. The number of aliphatic hydroxyl groups is 2. The van der Waals surface area contributed by atoms with Gasteiger partial charge in [0.2, 0.25) is 0 Å². The Morgan fingerprint density at radius 3 is 2.60 bits per heavy atom. The number of hydrogen-bond acceptors (Lipinski definition) is 2. The van der Waals surface area contributed by atoms with Gasteiger partial charge in [-0.15, -0.1) is 0 Å². The van der Waals surface area contributed by atoms with E-state index in [2.05, 4.69) is 54.1 Å². The van der Waals surface area contributed by atoms with Crippen molar-refractivity contribution in [1.82, 2.24) is 10.2 Å². The van der Waals surface area contributed by atoms with Crippen molar-refractivity contribution in [1.29, 1.82) is 0 Å². The van der Waals surface area contributed by atoms with E-state index in [-0.39, 0.29) is 0 Å². The molecule has 0 radical (unpaired) electrons. The van der Waals surface area contributed by atoms with Gasteiger partial charge < -0.3 is 15.0 Å². The second-order valence-corrected chi connectivity index (χ2v) is 7.89. The Hall–Kier alpha value is -1.22. The maximum atomic E-state index is 4.23. The van der Waals surface area contributed by atoms with Crippen molar-refractivity contribution < 1.29 is 4.74 Å². The van der Waals surface area contributed by atoms with Gasteiger partial charge in [0.15, 0.2) is 0 Å². The summed E-state index contributed by atoms with van der Waals surface area (Å²) in [6.45, 7) is 6.79. The maximum absolute atomic E-state index is 4.23. The molecule has 0 spiro atoms. The average molecular weight is 348 g/mol. The highest BCUT2D eigenvalue weighted by Gasteiger charge is 2.25. The van der Waals surface area contributed by atoms with Gasteiger partial charge in [0.1, 0.15) is 13.7 Å². The first-order valence-electron chi connectivity index (χ1n) is 10.3. The second-order valence-electron chi connectivity index (χ2n) is 7.89. The average Bonchev–Trinajstić information content (AvgIpc) is 2.82. The van der Waals surface area contributed by atoms with Gasteiger partial charge in [-0.3, -0.25) is 0 Å². The smallest absolute Gasteiger partial charge is 0.144 e. The minimum Gasteiger partial charge on any atom is -0.436 e. The van der Waals surface area contributed by atoms with E-state index in [1.54, 1.807) is 0 Å². The monoisotopic (exact) mass is 347 g/mol. The van der Waals surface area contributed by atoms with Gasteiger partial charge >= 0.3 is 0 Å². The molecule has 1 fully saturated rings. The van der Waals surface area contributed by atoms with E-state index in [0.717, 1.165) is 32.4 Å². The van der Waals surface area contributed by atoms with Gasteiger partial charge in [0, 0.05) is 26.1 Å². The van der Waals surface area contributed by atoms with Crippen molar-refractivity contribution in [3.63, 3.8) is 0 Å². The highest BCUT2D eigenvalue weighted by atomic mass is 16.5. The minimum absolute atomic E-state index is 0.683. The van der Waals surface area contributed by atoms with E-state index in [1.165, 1.54) is 49.1 Å². The number of likely N-dealkylation sites (N-methyl/N-ethyl adjacent to an activating group) is 1. The molecular formula is C22H39N2O+. The van der Waals surface area contributed by atoms with Crippen molar-refractivity contribution in [2.75, 3.05) is 27.3 Å². The molecule has 2 aliphatic rings. The number of nitrogens with zero attached hydrogens (tertiary/aromatic N) is 1. The molecule has 2 aliphatic carbocycles. The predicted octanol–water partition coefficient (Wildman–Crippen LogP) is 4.53.